The monoisotopic (exact) mass is 298 g/mol. The molecule has 0 fully saturated rings. The molecule has 0 saturated carbocycles. The maximum Gasteiger partial charge on any atom is 0.315 e. The lowest BCUT2D eigenvalue weighted by Gasteiger charge is -2.06. The first-order valence-corrected chi connectivity index (χ1v) is 5.78. The lowest BCUT2D eigenvalue weighted by atomic mass is 10.3. The summed E-state index contributed by atoms with van der Waals surface area (Å²) in [7, 11) is 0. The highest BCUT2D eigenvalue weighted by molar-refractivity contribution is 9.11. The Morgan fingerprint density at radius 1 is 1.53 bits per heavy atom. The molecule has 1 heterocycles. The van der Waals surface area contributed by atoms with Crippen molar-refractivity contribution in [1.82, 2.24) is 10.6 Å². The van der Waals surface area contributed by atoms with E-state index in [1.54, 1.807) is 0 Å². The van der Waals surface area contributed by atoms with E-state index in [9.17, 15) is 13.6 Å². The standard InChI is InChI=1S/C8H9BrF2N2OS/c9-7-5(1-2-15-7)3-12-8(14)13-4-6(10)11/h1-2,6H,3-4H2,(H2,12,13,14). The average molecular weight is 299 g/mol. The van der Waals surface area contributed by atoms with Crippen molar-refractivity contribution in [3.8, 4) is 0 Å². The van der Waals surface area contributed by atoms with Crippen molar-refractivity contribution in [2.24, 2.45) is 0 Å². The van der Waals surface area contributed by atoms with Crippen LogP contribution in [0, 0.1) is 0 Å². The minimum atomic E-state index is -2.52. The lowest BCUT2D eigenvalue weighted by molar-refractivity contribution is 0.146. The number of halogens is 3. The van der Waals surface area contributed by atoms with Crippen LogP contribution in [0.25, 0.3) is 0 Å². The molecule has 0 atom stereocenters. The Morgan fingerprint density at radius 2 is 2.27 bits per heavy atom. The third kappa shape index (κ3) is 4.57. The first kappa shape index (κ1) is 12.4. The van der Waals surface area contributed by atoms with E-state index in [0.29, 0.717) is 6.54 Å². The van der Waals surface area contributed by atoms with Gasteiger partial charge in [-0.15, -0.1) is 11.3 Å². The molecular weight excluding hydrogens is 290 g/mol. The van der Waals surface area contributed by atoms with Crippen molar-refractivity contribution < 1.29 is 13.6 Å². The van der Waals surface area contributed by atoms with E-state index in [1.165, 1.54) is 11.3 Å². The number of thiophene rings is 1. The van der Waals surface area contributed by atoms with Crippen LogP contribution in [0.2, 0.25) is 0 Å². The van der Waals surface area contributed by atoms with Crippen molar-refractivity contribution in [3.05, 3.63) is 20.8 Å². The molecular formula is C8H9BrF2N2OS. The zero-order valence-corrected chi connectivity index (χ0v) is 10.00. The molecule has 7 heteroatoms. The van der Waals surface area contributed by atoms with Gasteiger partial charge in [0.15, 0.2) is 0 Å². The van der Waals surface area contributed by atoms with Gasteiger partial charge < -0.3 is 10.6 Å². The molecule has 0 bridgehead atoms. The third-order valence-corrected chi connectivity index (χ3v) is 3.36. The van der Waals surface area contributed by atoms with Gasteiger partial charge in [-0.05, 0) is 32.9 Å². The Balaban J connectivity index is 2.26. The van der Waals surface area contributed by atoms with E-state index in [-0.39, 0.29) is 0 Å². The molecule has 1 aromatic heterocycles. The molecule has 0 unspecified atom stereocenters. The average Bonchev–Trinajstić information content (AvgIpc) is 2.58. The molecule has 0 aliphatic carbocycles. The normalized spacial score (nSPS) is 10.4. The minimum absolute atomic E-state index is 0.319. The molecule has 15 heavy (non-hydrogen) atoms. The van der Waals surface area contributed by atoms with E-state index in [1.807, 2.05) is 11.4 Å². The predicted molar refractivity (Wildman–Crippen MR) is 58.3 cm³/mol. The summed E-state index contributed by atoms with van der Waals surface area (Å²) in [6, 6.07) is 1.26. The van der Waals surface area contributed by atoms with Gasteiger partial charge in [-0.2, -0.15) is 0 Å². The Hall–Kier alpha value is -0.690. The molecule has 0 aliphatic heterocycles. The molecule has 1 rings (SSSR count). The number of hydrogen-bond acceptors (Lipinski definition) is 2. The van der Waals surface area contributed by atoms with Crippen molar-refractivity contribution in [3.63, 3.8) is 0 Å². The maximum absolute atomic E-state index is 11.7. The van der Waals surface area contributed by atoms with Crippen LogP contribution in [0.5, 0.6) is 0 Å². The van der Waals surface area contributed by atoms with Gasteiger partial charge in [0, 0.05) is 6.54 Å². The molecule has 0 spiro atoms. The second kappa shape index (κ2) is 6.02. The minimum Gasteiger partial charge on any atom is -0.334 e. The largest absolute Gasteiger partial charge is 0.334 e. The molecule has 84 valence electrons. The number of carbonyl (C=O) groups is 1. The van der Waals surface area contributed by atoms with Gasteiger partial charge >= 0.3 is 6.03 Å². The number of urea groups is 1. The molecule has 0 aliphatic rings. The van der Waals surface area contributed by atoms with Crippen LogP contribution < -0.4 is 10.6 Å². The lowest BCUT2D eigenvalue weighted by Crippen LogP contribution is -2.37. The quantitative estimate of drug-likeness (QED) is 0.881. The number of hydrogen-bond donors (Lipinski definition) is 2. The smallest absolute Gasteiger partial charge is 0.315 e. The molecule has 2 N–H and O–H groups in total. The van der Waals surface area contributed by atoms with Crippen LogP contribution in [0.15, 0.2) is 15.2 Å². The fourth-order valence-corrected chi connectivity index (χ4v) is 2.09. The van der Waals surface area contributed by atoms with Crippen LogP contribution in [0.1, 0.15) is 5.56 Å². The zero-order chi connectivity index (χ0) is 11.3. The van der Waals surface area contributed by atoms with Crippen LogP contribution in [0.4, 0.5) is 13.6 Å². The van der Waals surface area contributed by atoms with Crippen molar-refractivity contribution in [1.29, 1.82) is 0 Å². The fraction of sp³-hybridized carbons (Fsp3) is 0.375. The summed E-state index contributed by atoms with van der Waals surface area (Å²) < 4.78 is 24.4. The second-order valence-corrected chi connectivity index (χ2v) is 4.91. The number of amides is 2. The van der Waals surface area contributed by atoms with E-state index in [4.69, 9.17) is 0 Å². The number of rotatable bonds is 4. The Morgan fingerprint density at radius 3 is 2.80 bits per heavy atom. The maximum atomic E-state index is 11.7. The second-order valence-electron chi connectivity index (χ2n) is 2.67. The molecule has 3 nitrogen and oxygen atoms in total. The van der Waals surface area contributed by atoms with Crippen molar-refractivity contribution >= 4 is 33.3 Å². The highest BCUT2D eigenvalue weighted by Gasteiger charge is 2.06. The van der Waals surface area contributed by atoms with Crippen LogP contribution >= 0.6 is 27.3 Å². The summed E-state index contributed by atoms with van der Waals surface area (Å²) in [6.45, 7) is -0.310. The van der Waals surface area contributed by atoms with Crippen LogP contribution in [-0.4, -0.2) is 19.0 Å². The van der Waals surface area contributed by atoms with E-state index in [0.717, 1.165) is 9.35 Å². The molecule has 0 radical (unpaired) electrons. The summed E-state index contributed by atoms with van der Waals surface area (Å²) >= 11 is 4.80. The van der Waals surface area contributed by atoms with E-state index >= 15 is 0 Å². The zero-order valence-electron chi connectivity index (χ0n) is 7.60. The summed E-state index contributed by atoms with van der Waals surface area (Å²) in [5.74, 6) is 0. The Kier molecular flexibility index (Phi) is 4.97. The first-order valence-electron chi connectivity index (χ1n) is 4.11. The van der Waals surface area contributed by atoms with Crippen LogP contribution in [0.3, 0.4) is 0 Å². The van der Waals surface area contributed by atoms with Gasteiger partial charge in [-0.25, -0.2) is 13.6 Å². The number of carbonyl (C=O) groups excluding carboxylic acids is 1. The first-order chi connectivity index (χ1) is 7.09. The van der Waals surface area contributed by atoms with Crippen molar-refractivity contribution in [2.45, 2.75) is 13.0 Å². The topological polar surface area (TPSA) is 41.1 Å². The fourth-order valence-electron chi connectivity index (χ4n) is 0.853. The SMILES string of the molecule is O=C(NCc1ccsc1Br)NCC(F)F. The number of alkyl halides is 2. The summed E-state index contributed by atoms with van der Waals surface area (Å²) in [4.78, 5) is 11.0. The Bertz CT molecular complexity index is 332. The molecule has 0 aromatic carbocycles. The van der Waals surface area contributed by atoms with Crippen molar-refractivity contribution in [2.75, 3.05) is 6.54 Å². The molecule has 2 amide bonds. The third-order valence-electron chi connectivity index (χ3n) is 1.55. The van der Waals surface area contributed by atoms with Gasteiger partial charge in [-0.1, -0.05) is 0 Å². The van der Waals surface area contributed by atoms with Crippen LogP contribution in [-0.2, 0) is 6.54 Å². The highest BCUT2D eigenvalue weighted by Crippen LogP contribution is 2.22. The van der Waals surface area contributed by atoms with Gasteiger partial charge in [0.25, 0.3) is 6.43 Å². The highest BCUT2D eigenvalue weighted by atomic mass is 79.9. The number of nitrogens with one attached hydrogen (secondary N) is 2. The van der Waals surface area contributed by atoms with Gasteiger partial charge in [0.1, 0.15) is 0 Å². The van der Waals surface area contributed by atoms with Gasteiger partial charge in [0.05, 0.1) is 10.3 Å². The summed E-state index contributed by atoms with van der Waals surface area (Å²) in [6.07, 6.45) is -2.52. The predicted octanol–water partition coefficient (Wildman–Crippen LogP) is 2.57. The Labute approximate surface area is 98.0 Å². The van der Waals surface area contributed by atoms with Gasteiger partial charge in [-0.3, -0.25) is 0 Å². The van der Waals surface area contributed by atoms with E-state index in [2.05, 4.69) is 26.6 Å². The van der Waals surface area contributed by atoms with E-state index < -0.39 is 19.0 Å². The van der Waals surface area contributed by atoms with Gasteiger partial charge in [0.2, 0.25) is 0 Å². The summed E-state index contributed by atoms with van der Waals surface area (Å²) in [5, 5.41) is 6.40. The molecule has 1 aromatic rings. The summed E-state index contributed by atoms with van der Waals surface area (Å²) in [5.41, 5.74) is 0.923. The molecule has 0 saturated heterocycles.